The summed E-state index contributed by atoms with van der Waals surface area (Å²) in [6.45, 7) is 5.12. The molecule has 35 heavy (non-hydrogen) atoms. The third-order valence-corrected chi connectivity index (χ3v) is 5.85. The van der Waals surface area contributed by atoms with E-state index in [1.54, 1.807) is 12.1 Å². The molecule has 178 valence electrons. The van der Waals surface area contributed by atoms with E-state index in [2.05, 4.69) is 15.1 Å². The molecule has 0 saturated carbocycles. The Bertz CT molecular complexity index is 1360. The van der Waals surface area contributed by atoms with Gasteiger partial charge in [-0.2, -0.15) is 0 Å². The van der Waals surface area contributed by atoms with Crippen molar-refractivity contribution in [3.8, 4) is 11.4 Å². The molecular formula is C26H24N4O5. The highest BCUT2D eigenvalue weighted by Crippen LogP contribution is 2.31. The molecule has 0 bridgehead atoms. The van der Waals surface area contributed by atoms with Crippen LogP contribution < -0.4 is 4.90 Å². The van der Waals surface area contributed by atoms with Crippen molar-refractivity contribution in [2.75, 3.05) is 11.4 Å². The van der Waals surface area contributed by atoms with Crippen LogP contribution in [0.2, 0.25) is 0 Å². The first-order valence-electron chi connectivity index (χ1n) is 11.3. The number of aryl methyl sites for hydroxylation is 1. The lowest BCUT2D eigenvalue weighted by Crippen LogP contribution is -2.27. The average molecular weight is 473 g/mol. The molecule has 1 aromatic heterocycles. The average Bonchev–Trinajstić information content (AvgIpc) is 3.28. The van der Waals surface area contributed by atoms with E-state index in [1.807, 2.05) is 62.4 Å². The van der Waals surface area contributed by atoms with Crippen LogP contribution in [0.25, 0.3) is 16.7 Å². The minimum atomic E-state index is -1.03. The van der Waals surface area contributed by atoms with E-state index in [0.717, 1.165) is 27.8 Å². The standard InChI is InChI=1S/C26H24N4O5/c1-3-29(19-10-8-17(9-11-19)26-34-23(31)14-24(32)35-26)15-18-12-16(2)13-22(25(18)33)30-27-20-6-4-5-7-21(20)28-30/h4-13,26,33H,3,14-15H2,1-2H3. The molecule has 3 aromatic carbocycles. The second-order valence-electron chi connectivity index (χ2n) is 8.36. The highest BCUT2D eigenvalue weighted by Gasteiger charge is 2.29. The fourth-order valence-electron chi connectivity index (χ4n) is 4.11. The third kappa shape index (κ3) is 4.52. The third-order valence-electron chi connectivity index (χ3n) is 5.85. The number of fused-ring (bicyclic) bond motifs is 1. The van der Waals surface area contributed by atoms with Crippen molar-refractivity contribution >= 4 is 28.7 Å². The van der Waals surface area contributed by atoms with Crippen molar-refractivity contribution < 1.29 is 24.2 Å². The van der Waals surface area contributed by atoms with Crippen LogP contribution in [0, 0.1) is 6.92 Å². The lowest BCUT2D eigenvalue weighted by molar-refractivity contribution is -0.204. The number of hydrogen-bond donors (Lipinski definition) is 1. The van der Waals surface area contributed by atoms with Crippen LogP contribution >= 0.6 is 0 Å². The summed E-state index contributed by atoms with van der Waals surface area (Å²) in [6, 6.07) is 18.6. The molecule has 5 rings (SSSR count). The Hall–Kier alpha value is -4.40. The molecule has 0 atom stereocenters. The molecule has 9 nitrogen and oxygen atoms in total. The van der Waals surface area contributed by atoms with E-state index >= 15 is 0 Å². The van der Waals surface area contributed by atoms with Gasteiger partial charge in [-0.1, -0.05) is 18.2 Å². The van der Waals surface area contributed by atoms with E-state index < -0.39 is 18.2 Å². The summed E-state index contributed by atoms with van der Waals surface area (Å²) >= 11 is 0. The number of aromatic nitrogens is 3. The molecule has 0 amide bonds. The molecular weight excluding hydrogens is 448 g/mol. The number of benzene rings is 3. The molecule has 1 fully saturated rings. The molecule has 0 spiro atoms. The second-order valence-corrected chi connectivity index (χ2v) is 8.36. The zero-order valence-electron chi connectivity index (χ0n) is 19.3. The molecule has 1 N–H and O–H groups in total. The summed E-state index contributed by atoms with van der Waals surface area (Å²) < 4.78 is 10.3. The number of phenolic OH excluding ortho intramolecular Hbond substituents is 1. The predicted molar refractivity (Wildman–Crippen MR) is 128 cm³/mol. The smallest absolute Gasteiger partial charge is 0.320 e. The largest absolute Gasteiger partial charge is 0.505 e. The highest BCUT2D eigenvalue weighted by atomic mass is 16.7. The SMILES string of the molecule is CCN(Cc1cc(C)cc(-n2nc3ccccc3n2)c1O)c1ccc(C2OC(=O)CC(=O)O2)cc1. The number of phenols is 1. The monoisotopic (exact) mass is 472 g/mol. The Morgan fingerprint density at radius 2 is 1.63 bits per heavy atom. The lowest BCUT2D eigenvalue weighted by Gasteiger charge is -2.26. The molecule has 1 aliphatic heterocycles. The van der Waals surface area contributed by atoms with Gasteiger partial charge in [0.15, 0.2) is 0 Å². The normalized spacial score (nSPS) is 14.1. The number of carbonyl (C=O) groups is 2. The quantitative estimate of drug-likeness (QED) is 0.332. The Kier molecular flexibility index (Phi) is 5.82. The summed E-state index contributed by atoms with van der Waals surface area (Å²) in [7, 11) is 0. The summed E-state index contributed by atoms with van der Waals surface area (Å²) in [5.41, 5.74) is 5.20. The van der Waals surface area contributed by atoms with Crippen LogP contribution in [0.4, 0.5) is 5.69 Å². The number of anilines is 1. The van der Waals surface area contributed by atoms with Crippen molar-refractivity contribution in [1.82, 2.24) is 15.0 Å². The van der Waals surface area contributed by atoms with Crippen LogP contribution in [-0.2, 0) is 25.6 Å². The van der Waals surface area contributed by atoms with Crippen molar-refractivity contribution in [3.05, 3.63) is 77.4 Å². The van der Waals surface area contributed by atoms with Gasteiger partial charge in [-0.05, 0) is 61.9 Å². The fourth-order valence-corrected chi connectivity index (χ4v) is 4.11. The Labute approximate surface area is 201 Å². The second kappa shape index (κ2) is 9.09. The number of esters is 2. The topological polar surface area (TPSA) is 107 Å². The minimum absolute atomic E-state index is 0.118. The summed E-state index contributed by atoms with van der Waals surface area (Å²) in [5, 5.41) is 20.1. The zero-order chi connectivity index (χ0) is 24.5. The molecule has 0 aliphatic carbocycles. The van der Waals surface area contributed by atoms with E-state index in [4.69, 9.17) is 9.47 Å². The summed E-state index contributed by atoms with van der Waals surface area (Å²) in [4.78, 5) is 26.7. The van der Waals surface area contributed by atoms with Gasteiger partial charge in [0, 0.05) is 29.9 Å². The maximum Gasteiger partial charge on any atom is 0.320 e. The Morgan fingerprint density at radius 1 is 1.00 bits per heavy atom. The van der Waals surface area contributed by atoms with Crippen molar-refractivity contribution in [1.29, 1.82) is 0 Å². The van der Waals surface area contributed by atoms with Crippen molar-refractivity contribution in [2.24, 2.45) is 0 Å². The number of ether oxygens (including phenoxy) is 2. The van der Waals surface area contributed by atoms with Gasteiger partial charge in [0.1, 0.15) is 28.9 Å². The predicted octanol–water partition coefficient (Wildman–Crippen LogP) is 3.95. The lowest BCUT2D eigenvalue weighted by atomic mass is 10.1. The summed E-state index contributed by atoms with van der Waals surface area (Å²) in [5.74, 6) is -1.08. The van der Waals surface area contributed by atoms with Gasteiger partial charge in [-0.25, -0.2) is 0 Å². The zero-order valence-corrected chi connectivity index (χ0v) is 19.3. The first-order valence-corrected chi connectivity index (χ1v) is 11.3. The van der Waals surface area contributed by atoms with E-state index in [9.17, 15) is 14.7 Å². The van der Waals surface area contributed by atoms with Gasteiger partial charge in [0.05, 0.1) is 0 Å². The first kappa shape index (κ1) is 22.4. The minimum Gasteiger partial charge on any atom is -0.505 e. The van der Waals surface area contributed by atoms with Gasteiger partial charge >= 0.3 is 11.9 Å². The van der Waals surface area contributed by atoms with E-state index in [0.29, 0.717) is 24.3 Å². The van der Waals surface area contributed by atoms with Crippen LogP contribution in [0.15, 0.2) is 60.7 Å². The molecule has 0 unspecified atom stereocenters. The van der Waals surface area contributed by atoms with Crippen molar-refractivity contribution in [3.63, 3.8) is 0 Å². The summed E-state index contributed by atoms with van der Waals surface area (Å²) in [6.07, 6.45) is -1.40. The van der Waals surface area contributed by atoms with Gasteiger partial charge in [0.25, 0.3) is 6.29 Å². The van der Waals surface area contributed by atoms with E-state index in [-0.39, 0.29) is 12.2 Å². The van der Waals surface area contributed by atoms with Crippen LogP contribution in [0.1, 0.15) is 36.3 Å². The molecule has 0 radical (unpaired) electrons. The number of rotatable bonds is 6. The van der Waals surface area contributed by atoms with E-state index in [1.165, 1.54) is 4.80 Å². The van der Waals surface area contributed by atoms with Gasteiger partial charge < -0.3 is 19.5 Å². The Balaban J connectivity index is 1.40. The number of nitrogens with zero attached hydrogens (tertiary/aromatic N) is 4. The Morgan fingerprint density at radius 3 is 2.23 bits per heavy atom. The van der Waals surface area contributed by atoms with Crippen LogP contribution in [0.5, 0.6) is 5.75 Å². The number of cyclic esters (lactones) is 2. The molecule has 9 heteroatoms. The fraction of sp³-hybridized carbons (Fsp3) is 0.231. The molecule has 1 saturated heterocycles. The number of aromatic hydroxyl groups is 1. The number of carbonyl (C=O) groups excluding carboxylic acids is 2. The first-order chi connectivity index (χ1) is 16.9. The van der Waals surface area contributed by atoms with Gasteiger partial charge in [0.2, 0.25) is 0 Å². The molecule has 2 heterocycles. The number of hydrogen-bond acceptors (Lipinski definition) is 8. The van der Waals surface area contributed by atoms with Gasteiger partial charge in [-0.15, -0.1) is 15.0 Å². The highest BCUT2D eigenvalue weighted by molar-refractivity contribution is 5.92. The van der Waals surface area contributed by atoms with Crippen LogP contribution in [-0.4, -0.2) is 38.6 Å². The van der Waals surface area contributed by atoms with Crippen LogP contribution in [0.3, 0.4) is 0 Å². The maximum atomic E-state index is 11.6. The molecule has 4 aromatic rings. The van der Waals surface area contributed by atoms with Crippen molar-refractivity contribution in [2.45, 2.75) is 33.1 Å². The maximum absolute atomic E-state index is 11.6. The molecule has 1 aliphatic rings. The van der Waals surface area contributed by atoms with Gasteiger partial charge in [-0.3, -0.25) is 9.59 Å².